The molecule has 0 heterocycles. The van der Waals surface area contributed by atoms with Crippen LogP contribution in [-0.2, 0) is 23.9 Å². The number of carboxylic acid groups (broad SMARTS) is 1. The molecule has 0 aromatic heterocycles. The normalized spacial score (nSPS) is 13.6. The Balaban J connectivity index is 4.36. The van der Waals surface area contributed by atoms with E-state index in [-0.39, 0.29) is 6.42 Å². The summed E-state index contributed by atoms with van der Waals surface area (Å²) >= 11 is 0. The molecule has 17 heavy (non-hydrogen) atoms. The molecule has 0 saturated heterocycles. The van der Waals surface area contributed by atoms with Gasteiger partial charge in [0.25, 0.3) is 0 Å². The fourth-order valence-corrected chi connectivity index (χ4v) is 1.42. The first-order chi connectivity index (χ1) is 7.88. The van der Waals surface area contributed by atoms with Crippen molar-refractivity contribution in [3.63, 3.8) is 0 Å². The number of aliphatic carboxylic acids is 1. The summed E-state index contributed by atoms with van der Waals surface area (Å²) in [6.45, 7) is 2.83. The molecule has 2 atom stereocenters. The van der Waals surface area contributed by atoms with E-state index in [1.54, 1.807) is 6.92 Å². The summed E-state index contributed by atoms with van der Waals surface area (Å²) in [6.07, 6.45) is 0.00175. The molecule has 6 heteroatoms. The van der Waals surface area contributed by atoms with Gasteiger partial charge in [0, 0.05) is 13.3 Å². The lowest BCUT2D eigenvalue weighted by Gasteiger charge is -2.21. The number of carbonyl (C=O) groups is 3. The van der Waals surface area contributed by atoms with Crippen LogP contribution in [0.25, 0.3) is 0 Å². The lowest BCUT2D eigenvalue weighted by atomic mass is 9.99. The third-order valence-corrected chi connectivity index (χ3v) is 2.33. The Kier molecular flexibility index (Phi) is 6.93. The van der Waals surface area contributed by atoms with Crippen LogP contribution in [0.15, 0.2) is 0 Å². The minimum Gasteiger partial charge on any atom is -0.481 e. The molecule has 0 aromatic carbocycles. The van der Waals surface area contributed by atoms with E-state index in [0.29, 0.717) is 12.8 Å². The first-order valence-electron chi connectivity index (χ1n) is 5.35. The molecule has 0 rings (SSSR count). The van der Waals surface area contributed by atoms with Crippen LogP contribution in [0, 0.1) is 5.92 Å². The zero-order valence-corrected chi connectivity index (χ0v) is 10.3. The quantitative estimate of drug-likeness (QED) is 0.673. The van der Waals surface area contributed by atoms with Crippen LogP contribution in [0.5, 0.6) is 0 Å². The molecule has 0 bridgehead atoms. The van der Waals surface area contributed by atoms with Gasteiger partial charge < -0.3 is 14.6 Å². The molecule has 0 aliphatic carbocycles. The molecule has 6 nitrogen and oxygen atoms in total. The van der Waals surface area contributed by atoms with Crippen molar-refractivity contribution in [2.24, 2.45) is 5.92 Å². The van der Waals surface area contributed by atoms with Gasteiger partial charge in [-0.3, -0.25) is 14.4 Å². The molecular formula is C11H18O6. The lowest BCUT2D eigenvalue weighted by Crippen LogP contribution is -2.31. The van der Waals surface area contributed by atoms with Crippen LogP contribution < -0.4 is 0 Å². The van der Waals surface area contributed by atoms with Crippen molar-refractivity contribution in [3.8, 4) is 0 Å². The third kappa shape index (κ3) is 6.55. The van der Waals surface area contributed by atoms with Gasteiger partial charge in [-0.1, -0.05) is 0 Å². The smallest absolute Gasteiger partial charge is 0.312 e. The summed E-state index contributed by atoms with van der Waals surface area (Å²) in [4.78, 5) is 32.5. The van der Waals surface area contributed by atoms with E-state index < -0.39 is 29.9 Å². The second kappa shape index (κ2) is 7.65. The highest BCUT2D eigenvalue weighted by molar-refractivity contribution is 5.73. The minimum atomic E-state index is -0.919. The maximum absolute atomic E-state index is 11.3. The molecular weight excluding hydrogens is 228 g/mol. The number of carboxylic acids is 1. The standard InChI is InChI=1S/C11H18O6/c1-7(11(15)16-3)9(17-8(2)12)5-4-6-10(13)14/h7,9H,4-6H2,1-3H3,(H,13,14). The number of carbonyl (C=O) groups excluding carboxylic acids is 2. The van der Waals surface area contributed by atoms with Gasteiger partial charge in [-0.25, -0.2) is 0 Å². The van der Waals surface area contributed by atoms with Gasteiger partial charge in [0.2, 0.25) is 0 Å². The molecule has 0 aliphatic heterocycles. The highest BCUT2D eigenvalue weighted by Crippen LogP contribution is 2.16. The topological polar surface area (TPSA) is 89.9 Å². The molecule has 0 aromatic rings. The van der Waals surface area contributed by atoms with Gasteiger partial charge in [-0.2, -0.15) is 0 Å². The van der Waals surface area contributed by atoms with Crippen LogP contribution >= 0.6 is 0 Å². The van der Waals surface area contributed by atoms with E-state index >= 15 is 0 Å². The lowest BCUT2D eigenvalue weighted by molar-refractivity contribution is -0.158. The number of hydrogen-bond acceptors (Lipinski definition) is 5. The molecule has 0 fully saturated rings. The minimum absolute atomic E-state index is 0.0222. The highest BCUT2D eigenvalue weighted by Gasteiger charge is 2.27. The van der Waals surface area contributed by atoms with Gasteiger partial charge in [0.1, 0.15) is 6.10 Å². The number of rotatable bonds is 7. The number of hydrogen-bond donors (Lipinski definition) is 1. The van der Waals surface area contributed by atoms with Crippen molar-refractivity contribution < 1.29 is 29.0 Å². The Bertz CT molecular complexity index is 286. The second-order valence-electron chi connectivity index (χ2n) is 3.75. The monoisotopic (exact) mass is 246 g/mol. The molecule has 0 spiro atoms. The molecule has 1 N–H and O–H groups in total. The fourth-order valence-electron chi connectivity index (χ4n) is 1.42. The Labute approximate surface area is 99.9 Å². The van der Waals surface area contributed by atoms with E-state index in [4.69, 9.17) is 9.84 Å². The molecule has 0 amide bonds. The van der Waals surface area contributed by atoms with Gasteiger partial charge in [-0.05, 0) is 19.8 Å². The van der Waals surface area contributed by atoms with Crippen molar-refractivity contribution in [2.45, 2.75) is 39.2 Å². The van der Waals surface area contributed by atoms with Crippen LogP contribution in [0.1, 0.15) is 33.1 Å². The third-order valence-electron chi connectivity index (χ3n) is 2.33. The predicted octanol–water partition coefficient (Wildman–Crippen LogP) is 0.982. The molecule has 98 valence electrons. The SMILES string of the molecule is COC(=O)C(C)C(CCCC(=O)O)OC(C)=O. The van der Waals surface area contributed by atoms with E-state index in [2.05, 4.69) is 4.74 Å². The zero-order chi connectivity index (χ0) is 13.4. The summed E-state index contributed by atoms with van der Waals surface area (Å²) in [5, 5.41) is 8.50. The fraction of sp³-hybridized carbons (Fsp3) is 0.727. The highest BCUT2D eigenvalue weighted by atomic mass is 16.6. The molecule has 0 saturated carbocycles. The average molecular weight is 246 g/mol. The van der Waals surface area contributed by atoms with E-state index in [1.165, 1.54) is 14.0 Å². The van der Waals surface area contributed by atoms with Crippen molar-refractivity contribution in [2.75, 3.05) is 7.11 Å². The number of esters is 2. The summed E-state index contributed by atoms with van der Waals surface area (Å²) in [5.74, 6) is -2.50. The van der Waals surface area contributed by atoms with Gasteiger partial charge in [0.15, 0.2) is 0 Å². The molecule has 0 radical (unpaired) electrons. The Morgan fingerprint density at radius 1 is 1.29 bits per heavy atom. The van der Waals surface area contributed by atoms with Crippen LogP contribution in [0.4, 0.5) is 0 Å². The van der Waals surface area contributed by atoms with Crippen molar-refractivity contribution in [3.05, 3.63) is 0 Å². The number of ether oxygens (including phenoxy) is 2. The van der Waals surface area contributed by atoms with Crippen LogP contribution in [-0.4, -0.2) is 36.2 Å². The first-order valence-corrected chi connectivity index (χ1v) is 5.35. The van der Waals surface area contributed by atoms with Crippen molar-refractivity contribution in [1.29, 1.82) is 0 Å². The van der Waals surface area contributed by atoms with Crippen molar-refractivity contribution in [1.82, 2.24) is 0 Å². The number of methoxy groups -OCH3 is 1. The van der Waals surface area contributed by atoms with E-state index in [0.717, 1.165) is 0 Å². The Morgan fingerprint density at radius 3 is 2.29 bits per heavy atom. The predicted molar refractivity (Wildman–Crippen MR) is 58.2 cm³/mol. The Hall–Kier alpha value is -1.59. The maximum Gasteiger partial charge on any atom is 0.312 e. The van der Waals surface area contributed by atoms with Crippen molar-refractivity contribution >= 4 is 17.9 Å². The molecule has 0 aliphatic rings. The first kappa shape index (κ1) is 15.4. The average Bonchev–Trinajstić information content (AvgIpc) is 2.24. The van der Waals surface area contributed by atoms with Crippen LogP contribution in [0.2, 0.25) is 0 Å². The zero-order valence-electron chi connectivity index (χ0n) is 10.3. The van der Waals surface area contributed by atoms with Crippen LogP contribution in [0.3, 0.4) is 0 Å². The van der Waals surface area contributed by atoms with E-state index in [9.17, 15) is 14.4 Å². The summed E-state index contributed by atoms with van der Waals surface area (Å²) in [7, 11) is 1.25. The summed E-state index contributed by atoms with van der Waals surface area (Å²) < 4.78 is 9.54. The Morgan fingerprint density at radius 2 is 1.88 bits per heavy atom. The van der Waals surface area contributed by atoms with Gasteiger partial charge >= 0.3 is 17.9 Å². The van der Waals surface area contributed by atoms with Gasteiger partial charge in [0.05, 0.1) is 13.0 Å². The van der Waals surface area contributed by atoms with Gasteiger partial charge in [-0.15, -0.1) is 0 Å². The summed E-state index contributed by atoms with van der Waals surface area (Å²) in [5.41, 5.74) is 0. The second-order valence-corrected chi connectivity index (χ2v) is 3.75. The molecule has 2 unspecified atom stereocenters. The summed E-state index contributed by atoms with van der Waals surface area (Å²) in [6, 6.07) is 0. The largest absolute Gasteiger partial charge is 0.481 e. The maximum atomic E-state index is 11.3. The van der Waals surface area contributed by atoms with E-state index in [1.807, 2.05) is 0 Å².